The van der Waals surface area contributed by atoms with Gasteiger partial charge < -0.3 is 14.8 Å². The first kappa shape index (κ1) is 20.4. The van der Waals surface area contributed by atoms with Crippen molar-refractivity contribution in [2.75, 3.05) is 15.9 Å². The lowest BCUT2D eigenvalue weighted by Crippen LogP contribution is -2.29. The molecule has 156 valence electrons. The number of hydrogen-bond donors (Lipinski definition) is 2. The van der Waals surface area contributed by atoms with Crippen LogP contribution < -0.4 is 14.9 Å². The molecule has 2 aromatic heterocycles. The normalized spacial score (nSPS) is 19.0. The maximum atomic E-state index is 11.6. The summed E-state index contributed by atoms with van der Waals surface area (Å²) >= 11 is 5.72. The topological polar surface area (TPSA) is 79.3 Å². The number of anilines is 2. The number of aromatic nitrogens is 2. The van der Waals surface area contributed by atoms with Crippen molar-refractivity contribution in [3.8, 4) is 0 Å². The molecule has 1 aromatic carbocycles. The van der Waals surface area contributed by atoms with Gasteiger partial charge in [-0.15, -0.1) is 0 Å². The summed E-state index contributed by atoms with van der Waals surface area (Å²) in [4.78, 5) is 6.62. The van der Waals surface area contributed by atoms with E-state index in [1.807, 2.05) is 55.1 Å². The smallest absolute Gasteiger partial charge is 0.229 e. The highest BCUT2D eigenvalue weighted by atomic mass is 32.2. The lowest BCUT2D eigenvalue weighted by Gasteiger charge is -2.28. The third-order valence-corrected chi connectivity index (χ3v) is 5.98. The Kier molecular flexibility index (Phi) is 5.25. The second kappa shape index (κ2) is 7.73. The minimum atomic E-state index is -3.35. The van der Waals surface area contributed by atoms with Gasteiger partial charge in [0, 0.05) is 31.3 Å². The molecule has 1 aliphatic heterocycles. The van der Waals surface area contributed by atoms with E-state index < -0.39 is 10.0 Å². The molecule has 0 radical (unpaired) electrons. The number of hydrogen-bond acceptors (Lipinski definition) is 4. The lowest BCUT2D eigenvalue weighted by molar-refractivity contribution is 0.567. The zero-order valence-electron chi connectivity index (χ0n) is 16.9. The molecule has 3 aromatic rings. The predicted octanol–water partition coefficient (Wildman–Crippen LogP) is 3.28. The van der Waals surface area contributed by atoms with Gasteiger partial charge in [-0.2, -0.15) is 0 Å². The Morgan fingerprint density at radius 1 is 1.20 bits per heavy atom. The van der Waals surface area contributed by atoms with Gasteiger partial charge in [0.05, 0.1) is 29.7 Å². The van der Waals surface area contributed by atoms with Crippen molar-refractivity contribution in [1.29, 1.82) is 0 Å². The van der Waals surface area contributed by atoms with E-state index >= 15 is 0 Å². The Hall–Kier alpha value is -2.91. The Balaban J connectivity index is 1.77. The Labute approximate surface area is 181 Å². The molecular weight excluding hydrogens is 418 g/mol. The number of rotatable bonds is 5. The van der Waals surface area contributed by atoms with Gasteiger partial charge in [0.15, 0.2) is 5.11 Å². The molecule has 9 heteroatoms. The molecule has 0 unspecified atom stereocenters. The zero-order chi connectivity index (χ0) is 21.5. The van der Waals surface area contributed by atoms with E-state index in [1.54, 1.807) is 12.3 Å². The number of pyridine rings is 1. The van der Waals surface area contributed by atoms with Gasteiger partial charge >= 0.3 is 0 Å². The first-order valence-electron chi connectivity index (χ1n) is 9.44. The molecule has 0 spiro atoms. The summed E-state index contributed by atoms with van der Waals surface area (Å²) in [5.74, 6) is 0. The molecule has 0 amide bonds. The summed E-state index contributed by atoms with van der Waals surface area (Å²) < 4.78 is 27.8. The number of nitrogens with one attached hydrogen (secondary N) is 2. The van der Waals surface area contributed by atoms with E-state index in [0.29, 0.717) is 10.8 Å². The number of thiocarbonyl (C=S) groups is 1. The standard InChI is InChI=1S/C21H23N5O2S2/c1-14-12-16(7-8-17(14)24-30(3,27)28)26-20(15-9-11-25(2)13-15)19(23-21(26)29)18-6-4-5-10-22-18/h4-13,19-20,24H,1-3H3,(H,23,29)/t19-,20+/m0/s1. The van der Waals surface area contributed by atoms with Crippen molar-refractivity contribution in [3.05, 3.63) is 77.9 Å². The summed E-state index contributed by atoms with van der Waals surface area (Å²) in [6.07, 6.45) is 7.01. The van der Waals surface area contributed by atoms with Gasteiger partial charge in [0.25, 0.3) is 0 Å². The van der Waals surface area contributed by atoms with Crippen LogP contribution >= 0.6 is 12.2 Å². The maximum Gasteiger partial charge on any atom is 0.229 e. The molecule has 30 heavy (non-hydrogen) atoms. The van der Waals surface area contributed by atoms with E-state index in [4.69, 9.17) is 12.2 Å². The van der Waals surface area contributed by atoms with Crippen molar-refractivity contribution < 1.29 is 8.42 Å². The number of sulfonamides is 1. The Morgan fingerprint density at radius 2 is 2.00 bits per heavy atom. The molecule has 0 saturated carbocycles. The maximum absolute atomic E-state index is 11.6. The molecule has 2 N–H and O–H groups in total. The third-order valence-electron chi connectivity index (χ3n) is 5.08. The van der Waals surface area contributed by atoms with E-state index in [0.717, 1.165) is 28.8 Å². The highest BCUT2D eigenvalue weighted by molar-refractivity contribution is 7.92. The van der Waals surface area contributed by atoms with E-state index in [-0.39, 0.29) is 12.1 Å². The highest BCUT2D eigenvalue weighted by Gasteiger charge is 2.41. The van der Waals surface area contributed by atoms with Crippen molar-refractivity contribution >= 4 is 38.7 Å². The molecule has 0 aliphatic carbocycles. The largest absolute Gasteiger partial charge is 0.357 e. The van der Waals surface area contributed by atoms with Crippen LogP contribution in [0, 0.1) is 6.92 Å². The molecule has 2 atom stereocenters. The summed E-state index contributed by atoms with van der Waals surface area (Å²) in [6, 6.07) is 13.3. The fourth-order valence-electron chi connectivity index (χ4n) is 3.78. The molecule has 3 heterocycles. The van der Waals surface area contributed by atoms with E-state index in [2.05, 4.69) is 32.2 Å². The summed E-state index contributed by atoms with van der Waals surface area (Å²) in [5.41, 5.74) is 4.27. The Bertz CT molecular complexity index is 1190. The molecule has 1 aliphatic rings. The average molecular weight is 442 g/mol. The zero-order valence-corrected chi connectivity index (χ0v) is 18.5. The minimum absolute atomic E-state index is 0.0956. The summed E-state index contributed by atoms with van der Waals surface area (Å²) in [5, 5.41) is 4.02. The molecule has 1 fully saturated rings. The fraction of sp³-hybridized carbons (Fsp3) is 0.238. The van der Waals surface area contributed by atoms with Crippen LogP contribution in [0.3, 0.4) is 0 Å². The monoisotopic (exact) mass is 441 g/mol. The van der Waals surface area contributed by atoms with Gasteiger partial charge in [-0.3, -0.25) is 9.71 Å². The predicted molar refractivity (Wildman–Crippen MR) is 123 cm³/mol. The Morgan fingerprint density at radius 3 is 2.60 bits per heavy atom. The summed E-state index contributed by atoms with van der Waals surface area (Å²) in [7, 11) is -1.36. The molecule has 1 saturated heterocycles. The van der Waals surface area contributed by atoms with Crippen LogP contribution in [0.1, 0.15) is 28.9 Å². The van der Waals surface area contributed by atoms with Crippen LogP contribution in [0.4, 0.5) is 11.4 Å². The highest BCUT2D eigenvalue weighted by Crippen LogP contribution is 2.42. The molecular formula is C21H23N5O2S2. The van der Waals surface area contributed by atoms with Crippen molar-refractivity contribution in [2.45, 2.75) is 19.0 Å². The molecule has 4 rings (SSSR count). The summed E-state index contributed by atoms with van der Waals surface area (Å²) in [6.45, 7) is 1.87. The second-order valence-electron chi connectivity index (χ2n) is 7.48. The second-order valence-corrected chi connectivity index (χ2v) is 9.62. The van der Waals surface area contributed by atoms with Crippen LogP contribution in [0.25, 0.3) is 0 Å². The molecule has 0 bridgehead atoms. The van der Waals surface area contributed by atoms with Gasteiger partial charge in [-0.1, -0.05) is 6.07 Å². The van der Waals surface area contributed by atoms with E-state index in [9.17, 15) is 8.42 Å². The molecule has 7 nitrogen and oxygen atoms in total. The van der Waals surface area contributed by atoms with Gasteiger partial charge in [-0.25, -0.2) is 8.42 Å². The number of benzene rings is 1. The first-order valence-corrected chi connectivity index (χ1v) is 11.7. The van der Waals surface area contributed by atoms with Crippen LogP contribution in [0.15, 0.2) is 61.1 Å². The van der Waals surface area contributed by atoms with Gasteiger partial charge in [0.1, 0.15) is 0 Å². The van der Waals surface area contributed by atoms with Gasteiger partial charge in [-0.05, 0) is 66.7 Å². The van der Waals surface area contributed by atoms with Crippen LogP contribution in [0.2, 0.25) is 0 Å². The number of aryl methyl sites for hydroxylation is 2. The van der Waals surface area contributed by atoms with Crippen LogP contribution in [0.5, 0.6) is 0 Å². The third kappa shape index (κ3) is 4.03. The van der Waals surface area contributed by atoms with Crippen LogP contribution in [-0.4, -0.2) is 29.3 Å². The van der Waals surface area contributed by atoms with Crippen molar-refractivity contribution in [1.82, 2.24) is 14.9 Å². The fourth-order valence-corrected chi connectivity index (χ4v) is 4.76. The first-order chi connectivity index (χ1) is 14.2. The quantitative estimate of drug-likeness (QED) is 0.592. The lowest BCUT2D eigenvalue weighted by atomic mass is 9.98. The van der Waals surface area contributed by atoms with Gasteiger partial charge in [0.2, 0.25) is 10.0 Å². The minimum Gasteiger partial charge on any atom is -0.357 e. The van der Waals surface area contributed by atoms with Crippen LogP contribution in [-0.2, 0) is 17.1 Å². The van der Waals surface area contributed by atoms with Crippen molar-refractivity contribution in [2.24, 2.45) is 7.05 Å². The SMILES string of the molecule is Cc1cc(N2C(=S)N[C@@H](c3ccccn3)[C@H]2c2ccn(C)c2)ccc1NS(C)(=O)=O. The van der Waals surface area contributed by atoms with E-state index in [1.165, 1.54) is 0 Å². The average Bonchev–Trinajstić information content (AvgIpc) is 3.26. The number of nitrogens with zero attached hydrogens (tertiary/aromatic N) is 3. The van der Waals surface area contributed by atoms with Crippen molar-refractivity contribution in [3.63, 3.8) is 0 Å².